The lowest BCUT2D eigenvalue weighted by Crippen LogP contribution is -2.44. The fraction of sp³-hybridized carbons (Fsp3) is 0.429. The predicted molar refractivity (Wildman–Crippen MR) is 105 cm³/mol. The van der Waals surface area contributed by atoms with Crippen LogP contribution in [0.5, 0.6) is 0 Å². The number of urea groups is 1. The van der Waals surface area contributed by atoms with E-state index >= 15 is 0 Å². The van der Waals surface area contributed by atoms with Crippen LogP contribution in [-0.4, -0.2) is 35.5 Å². The number of amides is 3. The summed E-state index contributed by atoms with van der Waals surface area (Å²) < 4.78 is 5.43. The lowest BCUT2D eigenvalue weighted by molar-refractivity contribution is -0.127. The molecule has 148 valence electrons. The van der Waals surface area contributed by atoms with Gasteiger partial charge in [-0.15, -0.1) is 0 Å². The monoisotopic (exact) mass is 383 g/mol. The molecule has 3 amide bonds. The molecule has 28 heavy (non-hydrogen) atoms. The van der Waals surface area contributed by atoms with Gasteiger partial charge in [-0.1, -0.05) is 25.1 Å². The number of hydrogen-bond donors (Lipinski definition) is 2. The second kappa shape index (κ2) is 8.37. The molecule has 1 aliphatic carbocycles. The van der Waals surface area contributed by atoms with Gasteiger partial charge in [0, 0.05) is 17.6 Å². The number of carbonyl (C=O) groups is 3. The van der Waals surface area contributed by atoms with Gasteiger partial charge in [-0.2, -0.15) is 0 Å². The van der Waals surface area contributed by atoms with Crippen LogP contribution in [0, 0.1) is 5.92 Å². The zero-order valence-electron chi connectivity index (χ0n) is 16.4. The van der Waals surface area contributed by atoms with E-state index in [1.165, 1.54) is 6.92 Å². The van der Waals surface area contributed by atoms with Crippen LogP contribution in [0.1, 0.15) is 48.8 Å². The number of aryl methyl sites for hydroxylation is 1. The van der Waals surface area contributed by atoms with Gasteiger partial charge in [0.05, 0.1) is 11.1 Å². The van der Waals surface area contributed by atoms with Crippen molar-refractivity contribution in [3.05, 3.63) is 41.1 Å². The molecular weight excluding hydrogens is 358 g/mol. The van der Waals surface area contributed by atoms with Crippen molar-refractivity contribution in [2.45, 2.75) is 46.1 Å². The summed E-state index contributed by atoms with van der Waals surface area (Å²) in [5, 5.41) is 5.35. The number of rotatable bonds is 4. The van der Waals surface area contributed by atoms with Gasteiger partial charge in [0.25, 0.3) is 5.91 Å². The third-order valence-corrected chi connectivity index (χ3v) is 4.94. The van der Waals surface area contributed by atoms with Gasteiger partial charge < -0.3 is 10.1 Å². The molecule has 0 aliphatic heterocycles. The standard InChI is InChI=1S/C21H25N3O4/c1-4-22-21(27)24-19(25)13(3)28-20(26)18-14-7-5-6-8-16(14)23-17-10-9-12(2)11-15(17)18/h5-8,12-13H,4,9-11H2,1-3H3,(H2,22,24,25,27)/t12-,13+/m1/s1. The van der Waals surface area contributed by atoms with Crippen molar-refractivity contribution in [1.29, 1.82) is 0 Å². The summed E-state index contributed by atoms with van der Waals surface area (Å²) in [5.74, 6) is -0.789. The van der Waals surface area contributed by atoms with Crippen LogP contribution >= 0.6 is 0 Å². The minimum absolute atomic E-state index is 0.389. The molecule has 2 aromatic rings. The van der Waals surface area contributed by atoms with Gasteiger partial charge >= 0.3 is 12.0 Å². The largest absolute Gasteiger partial charge is 0.449 e. The molecule has 0 spiro atoms. The molecule has 2 atom stereocenters. The van der Waals surface area contributed by atoms with Crippen LogP contribution < -0.4 is 10.6 Å². The van der Waals surface area contributed by atoms with Crippen LogP contribution in [0.15, 0.2) is 24.3 Å². The van der Waals surface area contributed by atoms with E-state index < -0.39 is 24.0 Å². The number of fused-ring (bicyclic) bond motifs is 2. The van der Waals surface area contributed by atoms with E-state index in [1.54, 1.807) is 6.92 Å². The van der Waals surface area contributed by atoms with E-state index in [-0.39, 0.29) is 0 Å². The van der Waals surface area contributed by atoms with E-state index in [4.69, 9.17) is 9.72 Å². The number of pyridine rings is 1. The number of hydrogen-bond acceptors (Lipinski definition) is 5. The Kier molecular flexibility index (Phi) is 5.92. The smallest absolute Gasteiger partial charge is 0.339 e. The second-order valence-corrected chi connectivity index (χ2v) is 7.17. The zero-order chi connectivity index (χ0) is 20.3. The van der Waals surface area contributed by atoms with Crippen LogP contribution in [0.2, 0.25) is 0 Å². The number of ether oxygens (including phenoxy) is 1. The molecule has 7 nitrogen and oxygen atoms in total. The molecule has 1 aliphatic rings. The molecule has 2 N–H and O–H groups in total. The molecule has 0 radical (unpaired) electrons. The molecule has 1 aromatic carbocycles. The molecule has 0 bridgehead atoms. The predicted octanol–water partition coefficient (Wildman–Crippen LogP) is 2.75. The molecule has 3 rings (SSSR count). The lowest BCUT2D eigenvalue weighted by atomic mass is 9.84. The summed E-state index contributed by atoms with van der Waals surface area (Å²) in [6, 6.07) is 6.83. The van der Waals surface area contributed by atoms with E-state index in [9.17, 15) is 14.4 Å². The Balaban J connectivity index is 1.90. The van der Waals surface area contributed by atoms with Crippen molar-refractivity contribution >= 4 is 28.8 Å². The quantitative estimate of drug-likeness (QED) is 0.791. The van der Waals surface area contributed by atoms with Crippen LogP contribution in [0.4, 0.5) is 4.79 Å². The lowest BCUT2D eigenvalue weighted by Gasteiger charge is -2.24. The zero-order valence-corrected chi connectivity index (χ0v) is 16.4. The maximum absolute atomic E-state index is 13.0. The average Bonchev–Trinajstić information content (AvgIpc) is 2.66. The number of aromatic nitrogens is 1. The van der Waals surface area contributed by atoms with Crippen molar-refractivity contribution in [2.75, 3.05) is 6.54 Å². The van der Waals surface area contributed by atoms with E-state index in [0.717, 1.165) is 41.4 Å². The Hall–Kier alpha value is -2.96. The number of nitrogens with one attached hydrogen (secondary N) is 2. The molecule has 0 fully saturated rings. The van der Waals surface area contributed by atoms with Crippen LogP contribution in [-0.2, 0) is 22.4 Å². The summed E-state index contributed by atoms with van der Waals surface area (Å²) in [6.45, 7) is 5.73. The number of benzene rings is 1. The molecular formula is C21H25N3O4. The number of nitrogens with zero attached hydrogens (tertiary/aromatic N) is 1. The number of imide groups is 1. The first-order chi connectivity index (χ1) is 13.4. The number of para-hydroxylation sites is 1. The van der Waals surface area contributed by atoms with Crippen LogP contribution in [0.3, 0.4) is 0 Å². The summed E-state index contributed by atoms with van der Waals surface area (Å²) in [6.07, 6.45) is 1.49. The topological polar surface area (TPSA) is 97.4 Å². The summed E-state index contributed by atoms with van der Waals surface area (Å²) in [5.41, 5.74) is 3.04. The molecule has 0 unspecified atom stereocenters. The highest BCUT2D eigenvalue weighted by Crippen LogP contribution is 2.32. The highest BCUT2D eigenvalue weighted by atomic mass is 16.5. The molecule has 1 aromatic heterocycles. The maximum Gasteiger partial charge on any atom is 0.339 e. The highest BCUT2D eigenvalue weighted by molar-refractivity contribution is 6.06. The van der Waals surface area contributed by atoms with Gasteiger partial charge in [-0.25, -0.2) is 9.59 Å². The van der Waals surface area contributed by atoms with Crippen molar-refractivity contribution in [2.24, 2.45) is 5.92 Å². The first kappa shape index (κ1) is 19.8. The normalized spacial score (nSPS) is 16.8. The van der Waals surface area contributed by atoms with E-state index in [2.05, 4.69) is 17.6 Å². The van der Waals surface area contributed by atoms with Crippen molar-refractivity contribution in [1.82, 2.24) is 15.6 Å². The minimum atomic E-state index is -1.10. The molecule has 7 heteroatoms. The Morgan fingerprint density at radius 3 is 2.79 bits per heavy atom. The van der Waals surface area contributed by atoms with Gasteiger partial charge in [-0.3, -0.25) is 15.1 Å². The number of carbonyl (C=O) groups excluding carboxylic acids is 3. The summed E-state index contributed by atoms with van der Waals surface area (Å²) in [4.78, 5) is 41.4. The average molecular weight is 383 g/mol. The fourth-order valence-electron chi connectivity index (χ4n) is 3.49. The first-order valence-corrected chi connectivity index (χ1v) is 9.60. The van der Waals surface area contributed by atoms with E-state index in [1.807, 2.05) is 24.3 Å². The van der Waals surface area contributed by atoms with Gasteiger partial charge in [0.15, 0.2) is 6.10 Å². The fourth-order valence-corrected chi connectivity index (χ4v) is 3.49. The van der Waals surface area contributed by atoms with Crippen LogP contribution in [0.25, 0.3) is 10.9 Å². The molecule has 1 heterocycles. The Labute approximate surface area is 163 Å². The van der Waals surface area contributed by atoms with E-state index in [0.29, 0.717) is 18.0 Å². The third-order valence-electron chi connectivity index (χ3n) is 4.94. The third kappa shape index (κ3) is 4.13. The molecule has 0 saturated heterocycles. The Morgan fingerprint density at radius 2 is 2.04 bits per heavy atom. The minimum Gasteiger partial charge on any atom is -0.449 e. The van der Waals surface area contributed by atoms with Gasteiger partial charge in [-0.05, 0) is 50.7 Å². The summed E-state index contributed by atoms with van der Waals surface area (Å²) >= 11 is 0. The van der Waals surface area contributed by atoms with Crippen molar-refractivity contribution < 1.29 is 19.1 Å². The maximum atomic E-state index is 13.0. The van der Waals surface area contributed by atoms with Gasteiger partial charge in [0.2, 0.25) is 0 Å². The van der Waals surface area contributed by atoms with Gasteiger partial charge in [0.1, 0.15) is 0 Å². The molecule has 0 saturated carbocycles. The summed E-state index contributed by atoms with van der Waals surface area (Å²) in [7, 11) is 0. The second-order valence-electron chi connectivity index (χ2n) is 7.17. The number of esters is 1. The highest BCUT2D eigenvalue weighted by Gasteiger charge is 2.28. The SMILES string of the molecule is CCNC(=O)NC(=O)[C@H](C)OC(=O)c1c2c(nc3ccccc13)CC[C@@H](C)C2. The van der Waals surface area contributed by atoms with Crippen molar-refractivity contribution in [3.8, 4) is 0 Å². The first-order valence-electron chi connectivity index (χ1n) is 9.60. The Morgan fingerprint density at radius 1 is 1.29 bits per heavy atom. The van der Waals surface area contributed by atoms with Crippen molar-refractivity contribution in [3.63, 3.8) is 0 Å². The Bertz CT molecular complexity index is 925.